The van der Waals surface area contributed by atoms with Gasteiger partial charge in [0.2, 0.25) is 5.90 Å². The van der Waals surface area contributed by atoms with Crippen LogP contribution in [0.25, 0.3) is 0 Å². The zero-order chi connectivity index (χ0) is 25.7. The number of amides is 1. The number of benzene rings is 3. The van der Waals surface area contributed by atoms with Crippen LogP contribution in [0.2, 0.25) is 10.0 Å². The highest BCUT2D eigenvalue weighted by Crippen LogP contribution is 2.45. The van der Waals surface area contributed by atoms with Gasteiger partial charge in [0.1, 0.15) is 5.75 Å². The summed E-state index contributed by atoms with van der Waals surface area (Å²) in [6.07, 6.45) is 0.0128. The maximum absolute atomic E-state index is 13.6. The molecule has 1 heterocycles. The molecule has 0 unspecified atom stereocenters. The molecular formula is C27H25BrCl2N2O4. The van der Waals surface area contributed by atoms with Gasteiger partial charge in [-0.25, -0.2) is 4.99 Å². The van der Waals surface area contributed by atoms with Gasteiger partial charge in [-0.1, -0.05) is 63.4 Å². The van der Waals surface area contributed by atoms with E-state index in [-0.39, 0.29) is 18.9 Å². The second kappa shape index (κ2) is 11.6. The number of aliphatic hydroxyl groups excluding tert-OH is 1. The third-order valence-corrected chi connectivity index (χ3v) is 7.26. The normalized spacial score (nSPS) is 18.9. The Morgan fingerprint density at radius 2 is 1.92 bits per heavy atom. The SMILES string of the molecule is CNC(=O)[C@]1(Cc2ccccc2Br)N=C(c2ccc(OCCCO)cc2)O[C@@H]1c1ccc(Cl)cc1Cl. The Morgan fingerprint density at radius 1 is 1.17 bits per heavy atom. The van der Waals surface area contributed by atoms with E-state index in [0.717, 1.165) is 10.0 Å². The number of aliphatic hydroxyl groups is 1. The number of hydrogen-bond acceptors (Lipinski definition) is 5. The van der Waals surface area contributed by atoms with E-state index in [4.69, 9.17) is 42.8 Å². The molecule has 2 N–H and O–H groups in total. The van der Waals surface area contributed by atoms with Gasteiger partial charge >= 0.3 is 0 Å². The molecule has 0 spiro atoms. The Labute approximate surface area is 228 Å². The summed E-state index contributed by atoms with van der Waals surface area (Å²) in [7, 11) is 1.58. The van der Waals surface area contributed by atoms with Gasteiger partial charge in [0.05, 0.1) is 6.61 Å². The van der Waals surface area contributed by atoms with E-state index in [9.17, 15) is 4.79 Å². The molecule has 3 aromatic carbocycles. The lowest BCUT2D eigenvalue weighted by Gasteiger charge is -2.31. The smallest absolute Gasteiger partial charge is 0.252 e. The number of ether oxygens (including phenoxy) is 2. The van der Waals surface area contributed by atoms with Crippen molar-refractivity contribution in [1.82, 2.24) is 5.32 Å². The van der Waals surface area contributed by atoms with Gasteiger partial charge in [-0.2, -0.15) is 0 Å². The van der Waals surface area contributed by atoms with Crippen LogP contribution in [0.3, 0.4) is 0 Å². The largest absolute Gasteiger partial charge is 0.494 e. The van der Waals surface area contributed by atoms with Crippen molar-refractivity contribution in [2.24, 2.45) is 4.99 Å². The van der Waals surface area contributed by atoms with Gasteiger partial charge < -0.3 is 19.9 Å². The molecule has 0 aliphatic carbocycles. The van der Waals surface area contributed by atoms with Gasteiger partial charge in [0.15, 0.2) is 11.6 Å². The van der Waals surface area contributed by atoms with E-state index in [1.165, 1.54) is 0 Å². The molecule has 0 fully saturated rings. The molecule has 0 bridgehead atoms. The topological polar surface area (TPSA) is 80.2 Å². The molecule has 0 aromatic heterocycles. The summed E-state index contributed by atoms with van der Waals surface area (Å²) in [6, 6.07) is 20.1. The summed E-state index contributed by atoms with van der Waals surface area (Å²) in [5.74, 6) is 0.686. The van der Waals surface area contributed by atoms with E-state index in [2.05, 4.69) is 21.2 Å². The zero-order valence-electron chi connectivity index (χ0n) is 19.5. The first-order valence-corrected chi connectivity index (χ1v) is 12.9. The molecule has 0 saturated heterocycles. The fourth-order valence-corrected chi connectivity index (χ4v) is 5.05. The van der Waals surface area contributed by atoms with Gasteiger partial charge in [-0.05, 0) is 48.0 Å². The second-order valence-electron chi connectivity index (χ2n) is 8.30. The van der Waals surface area contributed by atoms with E-state index in [1.54, 1.807) is 37.4 Å². The van der Waals surface area contributed by atoms with Gasteiger partial charge in [0.25, 0.3) is 5.91 Å². The maximum atomic E-state index is 13.6. The molecule has 6 nitrogen and oxygen atoms in total. The highest BCUT2D eigenvalue weighted by atomic mass is 79.9. The van der Waals surface area contributed by atoms with Crippen molar-refractivity contribution in [3.63, 3.8) is 0 Å². The van der Waals surface area contributed by atoms with Gasteiger partial charge in [-0.3, -0.25) is 4.79 Å². The summed E-state index contributed by atoms with van der Waals surface area (Å²) < 4.78 is 12.9. The number of nitrogens with one attached hydrogen (secondary N) is 1. The number of halogens is 3. The minimum atomic E-state index is -1.33. The highest BCUT2D eigenvalue weighted by molar-refractivity contribution is 9.10. The lowest BCUT2D eigenvalue weighted by molar-refractivity contribution is -0.128. The highest BCUT2D eigenvalue weighted by Gasteiger charge is 2.53. The third kappa shape index (κ3) is 5.54. The van der Waals surface area contributed by atoms with Crippen LogP contribution in [0.15, 0.2) is 76.2 Å². The van der Waals surface area contributed by atoms with Crippen molar-refractivity contribution in [3.8, 4) is 5.75 Å². The lowest BCUT2D eigenvalue weighted by atomic mass is 9.82. The van der Waals surface area contributed by atoms with E-state index in [1.807, 2.05) is 36.4 Å². The van der Waals surface area contributed by atoms with E-state index in [0.29, 0.717) is 45.8 Å². The number of aliphatic imine (C=N–C) groups is 1. The first-order chi connectivity index (χ1) is 17.4. The fourth-order valence-electron chi connectivity index (χ4n) is 4.12. The molecule has 1 amide bonds. The van der Waals surface area contributed by atoms with Crippen molar-refractivity contribution in [2.45, 2.75) is 24.5 Å². The van der Waals surface area contributed by atoms with Crippen LogP contribution in [0.1, 0.15) is 29.2 Å². The van der Waals surface area contributed by atoms with Crippen molar-refractivity contribution in [1.29, 1.82) is 0 Å². The van der Waals surface area contributed by atoms with E-state index < -0.39 is 11.6 Å². The molecule has 36 heavy (non-hydrogen) atoms. The Hall–Kier alpha value is -2.58. The number of rotatable bonds is 9. The number of carbonyl (C=O) groups excluding carboxylic acids is 1. The van der Waals surface area contributed by atoms with Crippen LogP contribution in [0.5, 0.6) is 5.75 Å². The van der Waals surface area contributed by atoms with Crippen molar-refractivity contribution < 1.29 is 19.4 Å². The van der Waals surface area contributed by atoms with Crippen LogP contribution in [0.4, 0.5) is 0 Å². The molecule has 1 aliphatic heterocycles. The molecule has 9 heteroatoms. The average Bonchev–Trinajstić information content (AvgIpc) is 3.25. The molecule has 188 valence electrons. The predicted molar refractivity (Wildman–Crippen MR) is 145 cm³/mol. The first kappa shape index (κ1) is 26.5. The Balaban J connectivity index is 1.79. The predicted octanol–water partition coefficient (Wildman–Crippen LogP) is 5.76. The summed E-state index contributed by atoms with van der Waals surface area (Å²) in [5.41, 5.74) is 0.871. The average molecular weight is 592 g/mol. The zero-order valence-corrected chi connectivity index (χ0v) is 22.6. The Morgan fingerprint density at radius 3 is 2.58 bits per heavy atom. The van der Waals surface area contributed by atoms with Crippen molar-refractivity contribution in [2.75, 3.05) is 20.3 Å². The van der Waals surface area contributed by atoms with Crippen LogP contribution >= 0.6 is 39.1 Å². The van der Waals surface area contributed by atoms with Crippen LogP contribution < -0.4 is 10.1 Å². The van der Waals surface area contributed by atoms with Crippen LogP contribution in [0, 0.1) is 0 Å². The van der Waals surface area contributed by atoms with Crippen molar-refractivity contribution >= 4 is 50.9 Å². The quantitative estimate of drug-likeness (QED) is 0.310. The molecule has 2 atom stereocenters. The monoisotopic (exact) mass is 590 g/mol. The first-order valence-electron chi connectivity index (χ1n) is 11.4. The molecule has 3 aromatic rings. The Kier molecular flexibility index (Phi) is 8.57. The van der Waals surface area contributed by atoms with E-state index >= 15 is 0 Å². The summed E-state index contributed by atoms with van der Waals surface area (Å²) in [5, 5.41) is 12.6. The minimum absolute atomic E-state index is 0.0660. The Bertz CT molecular complexity index is 1270. The molecule has 0 saturated carbocycles. The molecule has 4 rings (SSSR count). The van der Waals surface area contributed by atoms with Gasteiger partial charge in [-0.15, -0.1) is 0 Å². The van der Waals surface area contributed by atoms with Gasteiger partial charge in [0, 0.05) is 52.1 Å². The number of hydrogen-bond donors (Lipinski definition) is 2. The standard InChI is InChI=1S/C27H25BrCl2N2O4/c1-31-26(34)27(16-18-5-2-3-6-22(18)28)24(21-12-9-19(29)15-23(21)30)36-25(32-27)17-7-10-20(11-8-17)35-14-4-13-33/h2-3,5-12,15,24,33H,4,13-14,16H2,1H3,(H,31,34)/t24-,27-/m1/s1. The molecule has 0 radical (unpaired) electrons. The molecular weight excluding hydrogens is 567 g/mol. The fraction of sp³-hybridized carbons (Fsp3) is 0.259. The lowest BCUT2D eigenvalue weighted by Crippen LogP contribution is -2.49. The molecule has 1 aliphatic rings. The minimum Gasteiger partial charge on any atom is -0.494 e. The van der Waals surface area contributed by atoms with Crippen LogP contribution in [-0.2, 0) is 16.0 Å². The summed E-state index contributed by atoms with van der Waals surface area (Å²) in [6.45, 7) is 0.479. The maximum Gasteiger partial charge on any atom is 0.252 e. The number of nitrogens with zero attached hydrogens (tertiary/aromatic N) is 1. The summed E-state index contributed by atoms with van der Waals surface area (Å²) in [4.78, 5) is 18.5. The third-order valence-electron chi connectivity index (χ3n) is 5.92. The second-order valence-corrected chi connectivity index (χ2v) is 10.0. The number of carbonyl (C=O) groups is 1. The number of likely N-dealkylation sites (N-methyl/N-ethyl adjacent to an activating group) is 1. The summed E-state index contributed by atoms with van der Waals surface area (Å²) >= 11 is 16.4. The van der Waals surface area contributed by atoms with Crippen LogP contribution in [-0.4, -0.2) is 42.7 Å². The van der Waals surface area contributed by atoms with Crippen molar-refractivity contribution in [3.05, 3.63) is 97.9 Å².